The molecule has 1 amide bonds. The Morgan fingerprint density at radius 3 is 2.96 bits per heavy atom. The Kier molecular flexibility index (Phi) is 4.56. The minimum atomic E-state index is -0.243. The fraction of sp³-hybridized carbons (Fsp3) is 0.500. The Morgan fingerprint density at radius 1 is 1.39 bits per heavy atom. The van der Waals surface area contributed by atoms with Crippen LogP contribution >= 0.6 is 11.3 Å². The van der Waals surface area contributed by atoms with E-state index in [9.17, 15) is 9.59 Å². The van der Waals surface area contributed by atoms with Crippen LogP contribution in [0.4, 0.5) is 0 Å². The maximum absolute atomic E-state index is 12.5. The van der Waals surface area contributed by atoms with Crippen LogP contribution in [0.2, 0.25) is 0 Å². The number of hydrogen-bond acceptors (Lipinski definition) is 5. The summed E-state index contributed by atoms with van der Waals surface area (Å²) in [5.41, 5.74) is 0.486. The zero-order chi connectivity index (χ0) is 16.4. The fourth-order valence-electron chi connectivity index (χ4n) is 2.86. The quantitative estimate of drug-likeness (QED) is 0.858. The molecule has 1 saturated heterocycles. The molecule has 1 fully saturated rings. The van der Waals surface area contributed by atoms with Gasteiger partial charge in [0.2, 0.25) is 5.91 Å². The number of likely N-dealkylation sites (tertiary alicyclic amines) is 1. The van der Waals surface area contributed by atoms with Crippen LogP contribution in [0.15, 0.2) is 23.1 Å². The average Bonchev–Trinajstić information content (AvgIpc) is 2.97. The third kappa shape index (κ3) is 3.67. The van der Waals surface area contributed by atoms with Gasteiger partial charge in [0.05, 0.1) is 10.7 Å². The number of piperidine rings is 1. The second-order valence-corrected chi connectivity index (χ2v) is 7.23. The third-order valence-corrected chi connectivity index (χ3v) is 5.12. The smallest absolute Gasteiger partial charge is 0.267 e. The van der Waals surface area contributed by atoms with Crippen LogP contribution < -0.4 is 5.56 Å². The van der Waals surface area contributed by atoms with E-state index in [1.165, 1.54) is 15.6 Å². The van der Waals surface area contributed by atoms with Gasteiger partial charge in [0.1, 0.15) is 6.54 Å². The second kappa shape index (κ2) is 6.62. The van der Waals surface area contributed by atoms with Gasteiger partial charge in [-0.05, 0) is 32.8 Å². The molecule has 2 aromatic heterocycles. The summed E-state index contributed by atoms with van der Waals surface area (Å²) in [5, 5.41) is 5.24. The highest BCUT2D eigenvalue weighted by atomic mass is 32.1. The van der Waals surface area contributed by atoms with Crippen LogP contribution in [0.3, 0.4) is 0 Å². The van der Waals surface area contributed by atoms with Crippen molar-refractivity contribution in [3.63, 3.8) is 0 Å². The van der Waals surface area contributed by atoms with E-state index in [1.54, 1.807) is 17.4 Å². The maximum Gasteiger partial charge on any atom is 0.267 e. The van der Waals surface area contributed by atoms with E-state index >= 15 is 0 Å². The van der Waals surface area contributed by atoms with Gasteiger partial charge in [0.15, 0.2) is 0 Å². The molecule has 0 radical (unpaired) electrons. The van der Waals surface area contributed by atoms with Gasteiger partial charge in [-0.3, -0.25) is 9.59 Å². The van der Waals surface area contributed by atoms with Gasteiger partial charge in [0, 0.05) is 36.1 Å². The standard InChI is InChI=1S/C16H20N4O2S/c1-11-5-6-14(21)20(18-11)10-15(22)19-7-3-4-13(9-19)16-17-8-12(2)23-16/h5-6,8,13H,3-4,7,9-10H2,1-2H3. The summed E-state index contributed by atoms with van der Waals surface area (Å²) in [6.07, 6.45) is 3.90. The molecule has 3 heterocycles. The normalized spacial score (nSPS) is 18.2. The molecule has 3 rings (SSSR count). The lowest BCUT2D eigenvalue weighted by molar-refractivity contribution is -0.133. The van der Waals surface area contributed by atoms with E-state index in [1.807, 2.05) is 24.9 Å². The lowest BCUT2D eigenvalue weighted by Crippen LogP contribution is -2.42. The highest BCUT2D eigenvalue weighted by molar-refractivity contribution is 7.11. The van der Waals surface area contributed by atoms with Crippen molar-refractivity contribution < 1.29 is 4.79 Å². The van der Waals surface area contributed by atoms with Crippen molar-refractivity contribution in [2.75, 3.05) is 13.1 Å². The summed E-state index contributed by atoms with van der Waals surface area (Å²) in [5.74, 6) is 0.247. The zero-order valence-electron chi connectivity index (χ0n) is 13.4. The number of carbonyl (C=O) groups is 1. The van der Waals surface area contributed by atoms with Crippen LogP contribution in [-0.4, -0.2) is 38.7 Å². The first kappa shape index (κ1) is 15.9. The molecule has 0 aliphatic carbocycles. The predicted octanol–water partition coefficient (Wildman–Crippen LogP) is 1.72. The Morgan fingerprint density at radius 2 is 2.22 bits per heavy atom. The van der Waals surface area contributed by atoms with Crippen molar-refractivity contribution in [3.05, 3.63) is 44.3 Å². The van der Waals surface area contributed by atoms with Gasteiger partial charge >= 0.3 is 0 Å². The van der Waals surface area contributed by atoms with E-state index < -0.39 is 0 Å². The second-order valence-electron chi connectivity index (χ2n) is 5.96. The van der Waals surface area contributed by atoms with E-state index in [0.29, 0.717) is 12.5 Å². The first-order valence-electron chi connectivity index (χ1n) is 7.78. The summed E-state index contributed by atoms with van der Waals surface area (Å²) in [6, 6.07) is 3.11. The van der Waals surface area contributed by atoms with Crippen molar-refractivity contribution >= 4 is 17.2 Å². The van der Waals surface area contributed by atoms with Gasteiger partial charge in [-0.1, -0.05) is 0 Å². The first-order valence-corrected chi connectivity index (χ1v) is 8.59. The van der Waals surface area contributed by atoms with Crippen molar-refractivity contribution in [2.45, 2.75) is 39.2 Å². The summed E-state index contributed by atoms with van der Waals surface area (Å²) in [4.78, 5) is 31.8. The molecule has 0 aromatic carbocycles. The molecule has 1 atom stereocenters. The van der Waals surface area contributed by atoms with Crippen molar-refractivity contribution in [1.82, 2.24) is 19.7 Å². The van der Waals surface area contributed by atoms with Crippen molar-refractivity contribution in [2.24, 2.45) is 0 Å². The topological polar surface area (TPSA) is 68.1 Å². The highest BCUT2D eigenvalue weighted by Gasteiger charge is 2.26. The van der Waals surface area contributed by atoms with Gasteiger partial charge in [-0.2, -0.15) is 5.10 Å². The van der Waals surface area contributed by atoms with Crippen LogP contribution in [-0.2, 0) is 11.3 Å². The summed E-state index contributed by atoms with van der Waals surface area (Å²) >= 11 is 1.70. The van der Waals surface area contributed by atoms with Crippen LogP contribution in [0, 0.1) is 13.8 Å². The fourth-order valence-corrected chi connectivity index (χ4v) is 3.76. The van der Waals surface area contributed by atoms with E-state index in [4.69, 9.17) is 0 Å². The van der Waals surface area contributed by atoms with Crippen molar-refractivity contribution in [1.29, 1.82) is 0 Å². The monoisotopic (exact) mass is 332 g/mol. The molecule has 0 saturated carbocycles. The number of aromatic nitrogens is 3. The molecular formula is C16H20N4O2S. The molecule has 6 nitrogen and oxygen atoms in total. The lowest BCUT2D eigenvalue weighted by Gasteiger charge is -2.31. The van der Waals surface area contributed by atoms with E-state index in [2.05, 4.69) is 10.1 Å². The Labute approximate surface area is 138 Å². The molecule has 1 unspecified atom stereocenters. The lowest BCUT2D eigenvalue weighted by atomic mass is 9.99. The number of rotatable bonds is 3. The molecule has 1 aliphatic rings. The molecule has 0 N–H and O–H groups in total. The first-order chi connectivity index (χ1) is 11.0. The minimum Gasteiger partial charge on any atom is -0.340 e. The third-order valence-electron chi connectivity index (χ3n) is 4.05. The number of aryl methyl sites for hydroxylation is 2. The summed E-state index contributed by atoms with van der Waals surface area (Å²) < 4.78 is 1.24. The number of hydrogen-bond donors (Lipinski definition) is 0. The van der Waals surface area contributed by atoms with E-state index in [0.717, 1.165) is 30.1 Å². The van der Waals surface area contributed by atoms with Crippen LogP contribution in [0.1, 0.15) is 34.3 Å². The van der Waals surface area contributed by atoms with Gasteiger partial charge in [-0.15, -0.1) is 11.3 Å². The molecular weight excluding hydrogens is 312 g/mol. The Hall–Kier alpha value is -2.02. The van der Waals surface area contributed by atoms with Gasteiger partial charge in [-0.25, -0.2) is 9.67 Å². The van der Waals surface area contributed by atoms with Crippen LogP contribution in [0.5, 0.6) is 0 Å². The van der Waals surface area contributed by atoms with Crippen molar-refractivity contribution in [3.8, 4) is 0 Å². The zero-order valence-corrected chi connectivity index (χ0v) is 14.2. The predicted molar refractivity (Wildman–Crippen MR) is 88.6 cm³/mol. The SMILES string of the molecule is Cc1ccc(=O)n(CC(=O)N2CCCC(c3ncc(C)s3)C2)n1. The number of amides is 1. The van der Waals surface area contributed by atoms with Gasteiger partial charge < -0.3 is 4.90 Å². The molecule has 0 bridgehead atoms. The number of thiazole rings is 1. The Balaban J connectivity index is 1.69. The number of carbonyl (C=O) groups excluding carboxylic acids is 1. The molecule has 7 heteroatoms. The average molecular weight is 332 g/mol. The molecule has 2 aromatic rings. The largest absolute Gasteiger partial charge is 0.340 e. The minimum absolute atomic E-state index is 0.00410. The number of nitrogens with zero attached hydrogens (tertiary/aromatic N) is 4. The highest BCUT2D eigenvalue weighted by Crippen LogP contribution is 2.29. The molecule has 0 spiro atoms. The summed E-state index contributed by atoms with van der Waals surface area (Å²) in [7, 11) is 0. The van der Waals surface area contributed by atoms with E-state index in [-0.39, 0.29) is 18.0 Å². The van der Waals surface area contributed by atoms with Gasteiger partial charge in [0.25, 0.3) is 5.56 Å². The molecule has 122 valence electrons. The molecule has 1 aliphatic heterocycles. The maximum atomic E-state index is 12.5. The Bertz CT molecular complexity index is 767. The summed E-state index contributed by atoms with van der Waals surface area (Å²) in [6.45, 7) is 5.27. The van der Waals surface area contributed by atoms with Crippen LogP contribution in [0.25, 0.3) is 0 Å². The molecule has 23 heavy (non-hydrogen) atoms.